The summed E-state index contributed by atoms with van der Waals surface area (Å²) in [6.07, 6.45) is 1.30. The van der Waals surface area contributed by atoms with Crippen LogP contribution in [-0.2, 0) is 27.5 Å². The summed E-state index contributed by atoms with van der Waals surface area (Å²) < 4.78 is 15.4. The molecule has 0 radical (unpaired) electrons. The second kappa shape index (κ2) is 11.2. The van der Waals surface area contributed by atoms with Crippen molar-refractivity contribution in [3.8, 4) is 0 Å². The first kappa shape index (κ1) is 25.7. The zero-order valence-electron chi connectivity index (χ0n) is 20.7. The number of rotatable bonds is 8. The second-order valence-electron chi connectivity index (χ2n) is 9.31. The van der Waals surface area contributed by atoms with Gasteiger partial charge in [-0.15, -0.1) is 0 Å². The summed E-state index contributed by atoms with van der Waals surface area (Å²) in [6.45, 7) is -0.0499. The maximum Gasteiger partial charge on any atom is 0.255 e. The van der Waals surface area contributed by atoms with Gasteiger partial charge >= 0.3 is 0 Å². The van der Waals surface area contributed by atoms with Crippen LogP contribution in [0.25, 0.3) is 0 Å². The van der Waals surface area contributed by atoms with E-state index in [1.54, 1.807) is 0 Å². The Balaban J connectivity index is 1.22. The van der Waals surface area contributed by atoms with Crippen LogP contribution in [0.4, 0.5) is 4.39 Å². The molecule has 0 bridgehead atoms. The molecule has 2 N–H and O–H groups in total. The van der Waals surface area contributed by atoms with Crippen LogP contribution < -0.4 is 21.2 Å². The van der Waals surface area contributed by atoms with Gasteiger partial charge in [-0.05, 0) is 37.2 Å². The second-order valence-corrected chi connectivity index (χ2v) is 11.7. The lowest BCUT2D eigenvalue weighted by Crippen LogP contribution is -2.52. The van der Waals surface area contributed by atoms with Crippen LogP contribution in [0.5, 0.6) is 0 Å². The quantitative estimate of drug-likeness (QED) is 0.345. The number of nitrogens with one attached hydrogen (secondary N) is 2. The maximum atomic E-state index is 15.4. The zero-order valence-corrected chi connectivity index (χ0v) is 21.5. The minimum Gasteiger partial charge on any atom is -0.352 e. The van der Waals surface area contributed by atoms with Crippen LogP contribution in [0.2, 0.25) is 0 Å². The fraction of sp³-hybridized carbons (Fsp3) is 0.241. The van der Waals surface area contributed by atoms with Gasteiger partial charge < -0.3 is 10.2 Å². The standard InChI is InChI=1S/C29H27FN3O4P/c30-27-19(11-12-22-23(27)18-33(29(22)37)24-13-14-26(35)32-28(24)36)17-31-25(34)15-16-38(20-7-3-1-4-8-20)21-9-5-2-6-10-21/h1-12,24H,13-18H2,(H,31,34)(H,32,35,36). The van der Waals surface area contributed by atoms with Gasteiger partial charge in [-0.2, -0.15) is 0 Å². The minimum atomic E-state index is -0.806. The predicted octanol–water partition coefficient (Wildman–Crippen LogP) is 2.73. The average Bonchev–Trinajstić information content (AvgIpc) is 3.26. The highest BCUT2D eigenvalue weighted by atomic mass is 31.1. The van der Waals surface area contributed by atoms with E-state index in [1.807, 2.05) is 36.4 Å². The summed E-state index contributed by atoms with van der Waals surface area (Å²) in [7, 11) is -0.713. The molecular weight excluding hydrogens is 504 g/mol. The first-order valence-electron chi connectivity index (χ1n) is 12.5. The van der Waals surface area contributed by atoms with Gasteiger partial charge in [-0.3, -0.25) is 24.5 Å². The zero-order chi connectivity index (χ0) is 26.6. The number of hydrogen-bond acceptors (Lipinski definition) is 4. The first-order valence-corrected chi connectivity index (χ1v) is 14.0. The molecular formula is C29H27FN3O4P. The number of benzene rings is 3. The van der Waals surface area contributed by atoms with E-state index in [4.69, 9.17) is 0 Å². The number of amides is 4. The Morgan fingerprint density at radius 2 is 1.63 bits per heavy atom. The highest BCUT2D eigenvalue weighted by Crippen LogP contribution is 2.34. The molecule has 0 aromatic heterocycles. The average molecular weight is 532 g/mol. The Morgan fingerprint density at radius 3 is 2.26 bits per heavy atom. The van der Waals surface area contributed by atoms with Crippen molar-refractivity contribution in [2.45, 2.75) is 38.4 Å². The number of carbonyl (C=O) groups excluding carboxylic acids is 4. The van der Waals surface area contributed by atoms with Gasteiger partial charge in [0.1, 0.15) is 11.9 Å². The van der Waals surface area contributed by atoms with Crippen LogP contribution >= 0.6 is 7.92 Å². The topological polar surface area (TPSA) is 95.6 Å². The number of carbonyl (C=O) groups is 4. The lowest BCUT2D eigenvalue weighted by atomic mass is 10.0. The summed E-state index contributed by atoms with van der Waals surface area (Å²) in [4.78, 5) is 50.6. The van der Waals surface area contributed by atoms with E-state index in [2.05, 4.69) is 34.9 Å². The molecule has 4 amide bonds. The fourth-order valence-corrected chi connectivity index (χ4v) is 7.21. The van der Waals surface area contributed by atoms with E-state index in [1.165, 1.54) is 27.6 Å². The van der Waals surface area contributed by atoms with Gasteiger partial charge in [0.05, 0.1) is 6.54 Å². The molecule has 3 aromatic rings. The number of halogens is 1. The molecule has 1 unspecified atom stereocenters. The normalized spacial score (nSPS) is 16.9. The summed E-state index contributed by atoms with van der Waals surface area (Å²) in [5.74, 6) is -2.08. The number of piperidine rings is 1. The van der Waals surface area contributed by atoms with Crippen molar-refractivity contribution in [2.75, 3.05) is 6.16 Å². The van der Waals surface area contributed by atoms with Gasteiger partial charge in [0.15, 0.2) is 0 Å². The Kier molecular flexibility index (Phi) is 7.61. The fourth-order valence-electron chi connectivity index (χ4n) is 4.91. The summed E-state index contributed by atoms with van der Waals surface area (Å²) in [6, 6.07) is 22.5. The number of nitrogens with zero attached hydrogens (tertiary/aromatic N) is 1. The molecule has 2 heterocycles. The maximum absolute atomic E-state index is 15.4. The molecule has 5 rings (SSSR count). The van der Waals surface area contributed by atoms with Crippen molar-refractivity contribution in [3.05, 3.63) is 95.3 Å². The van der Waals surface area contributed by atoms with E-state index in [9.17, 15) is 19.2 Å². The van der Waals surface area contributed by atoms with E-state index >= 15 is 4.39 Å². The summed E-state index contributed by atoms with van der Waals surface area (Å²) in [5, 5.41) is 7.44. The van der Waals surface area contributed by atoms with Crippen LogP contribution in [0, 0.1) is 5.82 Å². The molecule has 7 nitrogen and oxygen atoms in total. The molecule has 1 saturated heterocycles. The molecule has 194 valence electrons. The van der Waals surface area contributed by atoms with Crippen LogP contribution in [0.15, 0.2) is 72.8 Å². The van der Waals surface area contributed by atoms with Crippen molar-refractivity contribution in [1.29, 1.82) is 0 Å². The van der Waals surface area contributed by atoms with Crippen molar-refractivity contribution >= 4 is 42.2 Å². The Labute approximate surface area is 221 Å². The molecule has 38 heavy (non-hydrogen) atoms. The van der Waals surface area contributed by atoms with Crippen molar-refractivity contribution < 1.29 is 23.6 Å². The highest BCUT2D eigenvalue weighted by Gasteiger charge is 2.40. The molecule has 2 aliphatic rings. The smallest absolute Gasteiger partial charge is 0.255 e. The van der Waals surface area contributed by atoms with Crippen LogP contribution in [0.1, 0.15) is 40.7 Å². The lowest BCUT2D eigenvalue weighted by Gasteiger charge is -2.29. The molecule has 1 fully saturated rings. The Bertz CT molecular complexity index is 1340. The van der Waals surface area contributed by atoms with Gasteiger partial charge in [0.2, 0.25) is 17.7 Å². The van der Waals surface area contributed by atoms with Crippen LogP contribution in [-0.4, -0.2) is 40.7 Å². The van der Waals surface area contributed by atoms with Crippen molar-refractivity contribution in [1.82, 2.24) is 15.5 Å². The minimum absolute atomic E-state index is 0.000840. The number of imide groups is 1. The third-order valence-electron chi connectivity index (χ3n) is 6.90. The van der Waals surface area contributed by atoms with Crippen molar-refractivity contribution in [3.63, 3.8) is 0 Å². The highest BCUT2D eigenvalue weighted by molar-refractivity contribution is 7.73. The Hall–Kier alpha value is -3.90. The predicted molar refractivity (Wildman–Crippen MR) is 143 cm³/mol. The molecule has 0 spiro atoms. The largest absolute Gasteiger partial charge is 0.352 e. The molecule has 3 aromatic carbocycles. The molecule has 0 saturated carbocycles. The monoisotopic (exact) mass is 531 g/mol. The Morgan fingerprint density at radius 1 is 0.974 bits per heavy atom. The first-order chi connectivity index (χ1) is 18.4. The molecule has 2 aliphatic heterocycles. The SMILES string of the molecule is O=C(CCP(c1ccccc1)c1ccccc1)NCc1ccc2c(c1F)CN(C1CCC(=O)NC1=O)C2=O. The summed E-state index contributed by atoms with van der Waals surface area (Å²) >= 11 is 0. The summed E-state index contributed by atoms with van der Waals surface area (Å²) in [5.41, 5.74) is 0.699. The number of fused-ring (bicyclic) bond motifs is 1. The van der Waals surface area contributed by atoms with Gasteiger partial charge in [0.25, 0.3) is 5.91 Å². The van der Waals surface area contributed by atoms with Gasteiger partial charge in [-0.25, -0.2) is 4.39 Å². The van der Waals surface area contributed by atoms with Gasteiger partial charge in [0, 0.05) is 36.1 Å². The third-order valence-corrected chi connectivity index (χ3v) is 9.42. The molecule has 1 atom stereocenters. The van der Waals surface area contributed by atoms with Crippen LogP contribution in [0.3, 0.4) is 0 Å². The molecule has 0 aliphatic carbocycles. The van der Waals surface area contributed by atoms with E-state index in [0.29, 0.717) is 12.6 Å². The van der Waals surface area contributed by atoms with Gasteiger partial charge in [-0.1, -0.05) is 66.7 Å². The molecule has 9 heteroatoms. The third kappa shape index (κ3) is 5.36. The van der Waals surface area contributed by atoms with E-state index in [0.717, 1.165) is 0 Å². The van der Waals surface area contributed by atoms with E-state index in [-0.39, 0.29) is 54.4 Å². The van der Waals surface area contributed by atoms with E-state index < -0.39 is 31.6 Å². The number of hydrogen-bond donors (Lipinski definition) is 2. The van der Waals surface area contributed by atoms with Crippen molar-refractivity contribution in [2.24, 2.45) is 0 Å². The lowest BCUT2D eigenvalue weighted by molar-refractivity contribution is -0.137.